The molecule has 1 heterocycles. The van der Waals surface area contributed by atoms with E-state index in [1.54, 1.807) is 7.11 Å². The summed E-state index contributed by atoms with van der Waals surface area (Å²) in [5, 5.41) is 0. The number of nitrogens with zero attached hydrogens (tertiary/aromatic N) is 1. The summed E-state index contributed by atoms with van der Waals surface area (Å²) in [6.45, 7) is 8.57. The van der Waals surface area contributed by atoms with E-state index in [0.29, 0.717) is 0 Å². The lowest BCUT2D eigenvalue weighted by molar-refractivity contribution is 0.183. The molecule has 3 rings (SSSR count). The van der Waals surface area contributed by atoms with Gasteiger partial charge in [0.05, 0.1) is 7.11 Å². The fraction of sp³-hybridized carbons (Fsp3) is 0.417. The third-order valence-electron chi connectivity index (χ3n) is 5.50. The van der Waals surface area contributed by atoms with Crippen LogP contribution in [0.2, 0.25) is 0 Å². The van der Waals surface area contributed by atoms with Gasteiger partial charge in [0.2, 0.25) is 0 Å². The normalized spacial score (nSPS) is 15.4. The summed E-state index contributed by atoms with van der Waals surface area (Å²) < 4.78 is 11.2. The number of hydrogen-bond donors (Lipinski definition) is 0. The monoisotopic (exact) mass is 401 g/mol. The highest BCUT2D eigenvalue weighted by molar-refractivity contribution is 5.89. The molecule has 0 radical (unpaired) electrons. The smallest absolute Gasteiger partial charge is 0.119 e. The van der Waals surface area contributed by atoms with Gasteiger partial charge in [-0.15, -0.1) is 12.4 Å². The molecule has 152 valence electrons. The molecule has 1 aliphatic rings. The van der Waals surface area contributed by atoms with Crippen molar-refractivity contribution in [3.63, 3.8) is 0 Å². The Kier molecular flexibility index (Phi) is 8.88. The largest absolute Gasteiger partial charge is 0.497 e. The van der Waals surface area contributed by atoms with Crippen molar-refractivity contribution < 1.29 is 9.47 Å². The van der Waals surface area contributed by atoms with Crippen LogP contribution in [0.15, 0.2) is 48.5 Å². The molecule has 0 atom stereocenters. The van der Waals surface area contributed by atoms with Crippen molar-refractivity contribution in [3.8, 4) is 11.5 Å². The standard InChI is InChI=1S/C24H31NO2.ClH/c1-19(21-7-11-23(26-3)12-8-21)20(2)22-9-13-24(14-10-22)27-18-17-25-15-5-4-6-16-25;/h7-14H,4-6,15-18H2,1-3H3;1H/b20-19+;. The van der Waals surface area contributed by atoms with Crippen LogP contribution in [0.4, 0.5) is 0 Å². The Hall–Kier alpha value is -1.97. The summed E-state index contributed by atoms with van der Waals surface area (Å²) in [5.41, 5.74) is 5.00. The summed E-state index contributed by atoms with van der Waals surface area (Å²) in [5.74, 6) is 1.83. The molecule has 1 saturated heterocycles. The van der Waals surface area contributed by atoms with Crippen molar-refractivity contribution in [2.24, 2.45) is 0 Å². The van der Waals surface area contributed by atoms with Gasteiger partial charge in [0.15, 0.2) is 0 Å². The number of hydrogen-bond acceptors (Lipinski definition) is 3. The molecule has 0 bridgehead atoms. The van der Waals surface area contributed by atoms with Crippen molar-refractivity contribution in [3.05, 3.63) is 59.7 Å². The lowest BCUT2D eigenvalue weighted by Crippen LogP contribution is -2.33. The first kappa shape index (κ1) is 22.3. The molecular weight excluding hydrogens is 370 g/mol. The van der Waals surface area contributed by atoms with E-state index in [-0.39, 0.29) is 12.4 Å². The predicted octanol–water partition coefficient (Wildman–Crippen LogP) is 5.93. The third-order valence-corrected chi connectivity index (χ3v) is 5.50. The van der Waals surface area contributed by atoms with Crippen LogP contribution in [0.25, 0.3) is 11.1 Å². The van der Waals surface area contributed by atoms with Gasteiger partial charge in [0, 0.05) is 6.54 Å². The molecule has 2 aromatic rings. The van der Waals surface area contributed by atoms with Gasteiger partial charge in [-0.1, -0.05) is 30.7 Å². The number of benzene rings is 2. The van der Waals surface area contributed by atoms with Crippen LogP contribution < -0.4 is 9.47 Å². The summed E-state index contributed by atoms with van der Waals surface area (Å²) >= 11 is 0. The van der Waals surface area contributed by atoms with E-state index < -0.39 is 0 Å². The number of methoxy groups -OCH3 is 1. The summed E-state index contributed by atoms with van der Waals surface area (Å²) in [6, 6.07) is 16.7. The van der Waals surface area contributed by atoms with Crippen LogP contribution >= 0.6 is 12.4 Å². The average molecular weight is 402 g/mol. The molecular formula is C24H32ClNO2. The molecule has 1 aliphatic heterocycles. The summed E-state index contributed by atoms with van der Waals surface area (Å²) in [4.78, 5) is 2.50. The first-order chi connectivity index (χ1) is 13.2. The van der Waals surface area contributed by atoms with Crippen LogP contribution in [0.5, 0.6) is 11.5 Å². The van der Waals surface area contributed by atoms with Gasteiger partial charge < -0.3 is 9.47 Å². The van der Waals surface area contributed by atoms with Gasteiger partial charge in [-0.3, -0.25) is 4.90 Å². The molecule has 0 N–H and O–H groups in total. The molecule has 4 heteroatoms. The number of halogens is 1. The zero-order valence-corrected chi connectivity index (χ0v) is 18.1. The Labute approximate surface area is 175 Å². The Balaban J connectivity index is 0.00000280. The first-order valence-electron chi connectivity index (χ1n) is 9.95. The van der Waals surface area contributed by atoms with E-state index in [9.17, 15) is 0 Å². The van der Waals surface area contributed by atoms with E-state index in [1.807, 2.05) is 12.1 Å². The van der Waals surface area contributed by atoms with Crippen molar-refractivity contribution in [1.29, 1.82) is 0 Å². The van der Waals surface area contributed by atoms with E-state index >= 15 is 0 Å². The SMILES string of the molecule is COc1ccc(/C(C)=C(\C)c2ccc(OCCN3CCCCC3)cc2)cc1.Cl. The molecule has 0 saturated carbocycles. The molecule has 28 heavy (non-hydrogen) atoms. The second kappa shape index (κ2) is 11.1. The van der Waals surface area contributed by atoms with Crippen LogP contribution in [-0.4, -0.2) is 38.3 Å². The van der Waals surface area contributed by atoms with E-state index in [2.05, 4.69) is 55.1 Å². The van der Waals surface area contributed by atoms with Gasteiger partial charge in [0.25, 0.3) is 0 Å². The predicted molar refractivity (Wildman–Crippen MR) is 121 cm³/mol. The molecule has 0 spiro atoms. The fourth-order valence-electron chi connectivity index (χ4n) is 3.55. The molecule has 0 aromatic heterocycles. The number of ether oxygens (including phenoxy) is 2. The van der Waals surface area contributed by atoms with Gasteiger partial charge >= 0.3 is 0 Å². The Morgan fingerprint density at radius 2 is 1.29 bits per heavy atom. The molecule has 1 fully saturated rings. The highest BCUT2D eigenvalue weighted by atomic mass is 35.5. The van der Waals surface area contributed by atoms with Crippen LogP contribution in [-0.2, 0) is 0 Å². The van der Waals surface area contributed by atoms with E-state index in [1.165, 1.54) is 54.6 Å². The van der Waals surface area contributed by atoms with Crippen molar-refractivity contribution in [1.82, 2.24) is 4.90 Å². The summed E-state index contributed by atoms with van der Waals surface area (Å²) in [7, 11) is 1.69. The minimum Gasteiger partial charge on any atom is -0.497 e. The van der Waals surface area contributed by atoms with Gasteiger partial charge in [-0.2, -0.15) is 0 Å². The molecule has 3 nitrogen and oxygen atoms in total. The average Bonchev–Trinajstić information content (AvgIpc) is 2.74. The highest BCUT2D eigenvalue weighted by Crippen LogP contribution is 2.28. The van der Waals surface area contributed by atoms with Crippen LogP contribution in [0, 0.1) is 0 Å². The second-order valence-corrected chi connectivity index (χ2v) is 7.25. The molecule has 0 aliphatic carbocycles. The molecule has 0 amide bonds. The van der Waals surface area contributed by atoms with Gasteiger partial charge in [-0.25, -0.2) is 0 Å². The van der Waals surface area contributed by atoms with Crippen molar-refractivity contribution in [2.75, 3.05) is 33.4 Å². The third kappa shape index (κ3) is 6.02. The number of piperidine rings is 1. The number of likely N-dealkylation sites (tertiary alicyclic amines) is 1. The van der Waals surface area contributed by atoms with E-state index in [0.717, 1.165) is 24.7 Å². The van der Waals surface area contributed by atoms with E-state index in [4.69, 9.17) is 9.47 Å². The number of allylic oxidation sites excluding steroid dienone is 2. The minimum absolute atomic E-state index is 0. The minimum atomic E-state index is 0. The maximum atomic E-state index is 5.94. The van der Waals surface area contributed by atoms with Gasteiger partial charge in [-0.05, 0) is 86.3 Å². The Morgan fingerprint density at radius 3 is 1.79 bits per heavy atom. The zero-order valence-electron chi connectivity index (χ0n) is 17.2. The highest BCUT2D eigenvalue weighted by Gasteiger charge is 2.09. The van der Waals surface area contributed by atoms with Gasteiger partial charge in [0.1, 0.15) is 18.1 Å². The van der Waals surface area contributed by atoms with Crippen molar-refractivity contribution >= 4 is 23.6 Å². The second-order valence-electron chi connectivity index (χ2n) is 7.25. The van der Waals surface area contributed by atoms with Crippen LogP contribution in [0.1, 0.15) is 44.2 Å². The van der Waals surface area contributed by atoms with Crippen molar-refractivity contribution in [2.45, 2.75) is 33.1 Å². The summed E-state index contributed by atoms with van der Waals surface area (Å²) in [6.07, 6.45) is 4.03. The maximum absolute atomic E-state index is 5.94. The lowest BCUT2D eigenvalue weighted by atomic mass is 9.97. The lowest BCUT2D eigenvalue weighted by Gasteiger charge is -2.26. The molecule has 0 unspecified atom stereocenters. The Morgan fingerprint density at radius 1 is 0.786 bits per heavy atom. The fourth-order valence-corrected chi connectivity index (χ4v) is 3.55. The maximum Gasteiger partial charge on any atom is 0.119 e. The topological polar surface area (TPSA) is 21.7 Å². The Bertz CT molecular complexity index is 747. The quantitative estimate of drug-likeness (QED) is 0.536. The van der Waals surface area contributed by atoms with Crippen LogP contribution in [0.3, 0.4) is 0 Å². The molecule has 2 aromatic carbocycles. The zero-order chi connectivity index (χ0) is 19.1. The first-order valence-corrected chi connectivity index (χ1v) is 9.95. The number of rotatable bonds is 7.